The van der Waals surface area contributed by atoms with Gasteiger partial charge in [0, 0.05) is 0 Å². The van der Waals surface area contributed by atoms with Crippen LogP contribution in [0.2, 0.25) is 0 Å². The van der Waals surface area contributed by atoms with Gasteiger partial charge in [0.2, 0.25) is 0 Å². The highest BCUT2D eigenvalue weighted by molar-refractivity contribution is 5.30. The second-order valence-corrected chi connectivity index (χ2v) is 4.15. The molecule has 0 radical (unpaired) electrons. The molecule has 2 nitrogen and oxygen atoms in total. The van der Waals surface area contributed by atoms with Crippen molar-refractivity contribution < 1.29 is 23.0 Å². The van der Waals surface area contributed by atoms with E-state index in [4.69, 9.17) is 4.74 Å². The van der Waals surface area contributed by atoms with Gasteiger partial charge in [-0.15, -0.1) is 0 Å². The minimum atomic E-state index is -4.38. The molecule has 0 fully saturated rings. The van der Waals surface area contributed by atoms with Crippen LogP contribution in [0.1, 0.15) is 19.4 Å². The number of hydrogen-bond acceptors (Lipinski definition) is 2. The fraction of sp³-hybridized carbons (Fsp3) is 0.500. The molecule has 96 valence electrons. The molecule has 1 aromatic carbocycles. The van der Waals surface area contributed by atoms with Crippen molar-refractivity contribution in [3.05, 3.63) is 29.8 Å². The number of aliphatic hydroxyl groups is 1. The molecule has 1 N–H and O–H groups in total. The van der Waals surface area contributed by atoms with Crippen LogP contribution in [0.15, 0.2) is 24.3 Å². The van der Waals surface area contributed by atoms with E-state index in [1.54, 1.807) is 13.8 Å². The number of aliphatic hydroxyl groups excluding tert-OH is 1. The summed E-state index contributed by atoms with van der Waals surface area (Å²) in [5, 5.41) is 9.47. The van der Waals surface area contributed by atoms with Crippen LogP contribution >= 0.6 is 0 Å². The number of rotatable bonds is 4. The Bertz CT molecular complexity index is 361. The molecule has 0 aliphatic heterocycles. The van der Waals surface area contributed by atoms with E-state index in [1.807, 2.05) is 0 Å². The molecule has 5 heteroatoms. The molecule has 1 rings (SSSR count). The second-order valence-electron chi connectivity index (χ2n) is 4.15. The van der Waals surface area contributed by atoms with Gasteiger partial charge in [0.25, 0.3) is 0 Å². The summed E-state index contributed by atoms with van der Waals surface area (Å²) in [6.07, 6.45) is -5.07. The molecule has 0 aliphatic carbocycles. The molecule has 1 aromatic rings. The first-order valence-corrected chi connectivity index (χ1v) is 5.29. The molecule has 17 heavy (non-hydrogen) atoms. The van der Waals surface area contributed by atoms with Crippen LogP contribution in [0.5, 0.6) is 5.75 Å². The summed E-state index contributed by atoms with van der Waals surface area (Å²) >= 11 is 0. The van der Waals surface area contributed by atoms with Gasteiger partial charge in [-0.25, -0.2) is 0 Å². The SMILES string of the molecule is CC(C)C(O)COc1cccc(C(F)(F)F)c1. The highest BCUT2D eigenvalue weighted by Crippen LogP contribution is 2.31. The molecule has 1 unspecified atom stereocenters. The molecule has 0 saturated carbocycles. The Hall–Kier alpha value is -1.23. The average Bonchev–Trinajstić information content (AvgIpc) is 2.25. The van der Waals surface area contributed by atoms with Crippen LogP contribution in [0.25, 0.3) is 0 Å². The normalized spacial score (nSPS) is 13.8. The second kappa shape index (κ2) is 5.40. The van der Waals surface area contributed by atoms with Gasteiger partial charge in [0.1, 0.15) is 12.4 Å². The summed E-state index contributed by atoms with van der Waals surface area (Å²) < 4.78 is 42.3. The Kier molecular flexibility index (Phi) is 4.40. The molecule has 0 aliphatic rings. The van der Waals surface area contributed by atoms with Crippen molar-refractivity contribution in [1.29, 1.82) is 0 Å². The first kappa shape index (κ1) is 13.8. The predicted molar refractivity (Wildman–Crippen MR) is 57.8 cm³/mol. The van der Waals surface area contributed by atoms with Gasteiger partial charge in [-0.05, 0) is 24.1 Å². The Labute approximate surface area is 98.0 Å². The van der Waals surface area contributed by atoms with Crippen LogP contribution in [-0.2, 0) is 6.18 Å². The molecule has 0 spiro atoms. The third kappa shape index (κ3) is 4.26. The zero-order chi connectivity index (χ0) is 13.1. The zero-order valence-electron chi connectivity index (χ0n) is 9.66. The van der Waals surface area contributed by atoms with Crippen molar-refractivity contribution in [2.24, 2.45) is 5.92 Å². The number of benzene rings is 1. The maximum absolute atomic E-state index is 12.4. The van der Waals surface area contributed by atoms with Crippen LogP contribution in [0.4, 0.5) is 13.2 Å². The summed E-state index contributed by atoms with van der Waals surface area (Å²) in [5.41, 5.74) is -0.756. The van der Waals surface area contributed by atoms with Crippen molar-refractivity contribution in [2.75, 3.05) is 6.61 Å². The van der Waals surface area contributed by atoms with E-state index in [0.29, 0.717) is 0 Å². The topological polar surface area (TPSA) is 29.5 Å². The van der Waals surface area contributed by atoms with E-state index < -0.39 is 17.8 Å². The highest BCUT2D eigenvalue weighted by Gasteiger charge is 2.30. The van der Waals surface area contributed by atoms with E-state index in [9.17, 15) is 18.3 Å². The number of ether oxygens (including phenoxy) is 1. The molecular formula is C12H15F3O2. The lowest BCUT2D eigenvalue weighted by molar-refractivity contribution is -0.137. The lowest BCUT2D eigenvalue weighted by Gasteiger charge is -2.16. The Morgan fingerprint density at radius 3 is 2.47 bits per heavy atom. The number of hydrogen-bond donors (Lipinski definition) is 1. The van der Waals surface area contributed by atoms with Gasteiger partial charge >= 0.3 is 6.18 Å². The van der Waals surface area contributed by atoms with E-state index in [1.165, 1.54) is 12.1 Å². The molecule has 0 bridgehead atoms. The van der Waals surface area contributed by atoms with E-state index >= 15 is 0 Å². The monoisotopic (exact) mass is 248 g/mol. The first-order chi connectivity index (χ1) is 7.80. The van der Waals surface area contributed by atoms with Crippen LogP contribution in [0.3, 0.4) is 0 Å². The standard InChI is InChI=1S/C12H15F3O2/c1-8(2)11(16)7-17-10-5-3-4-9(6-10)12(13,14)15/h3-6,8,11,16H,7H2,1-2H3. The third-order valence-electron chi connectivity index (χ3n) is 2.35. The highest BCUT2D eigenvalue weighted by atomic mass is 19.4. The summed E-state index contributed by atoms with van der Waals surface area (Å²) in [4.78, 5) is 0. The maximum Gasteiger partial charge on any atom is 0.416 e. The molecular weight excluding hydrogens is 233 g/mol. The van der Waals surface area contributed by atoms with Gasteiger partial charge in [0.15, 0.2) is 0 Å². The summed E-state index contributed by atoms with van der Waals surface area (Å²) in [7, 11) is 0. The molecule has 0 saturated heterocycles. The molecule has 0 heterocycles. The minimum Gasteiger partial charge on any atom is -0.491 e. The largest absolute Gasteiger partial charge is 0.491 e. The van der Waals surface area contributed by atoms with Crippen molar-refractivity contribution in [2.45, 2.75) is 26.1 Å². The van der Waals surface area contributed by atoms with E-state index in [2.05, 4.69) is 0 Å². The van der Waals surface area contributed by atoms with Gasteiger partial charge in [-0.3, -0.25) is 0 Å². The molecule has 0 aromatic heterocycles. The summed E-state index contributed by atoms with van der Waals surface area (Å²) in [6, 6.07) is 4.61. The van der Waals surface area contributed by atoms with Crippen molar-refractivity contribution >= 4 is 0 Å². The third-order valence-corrected chi connectivity index (χ3v) is 2.35. The van der Waals surface area contributed by atoms with Crippen LogP contribution in [0, 0.1) is 5.92 Å². The molecule has 0 amide bonds. The fourth-order valence-electron chi connectivity index (χ4n) is 1.14. The van der Waals surface area contributed by atoms with Gasteiger partial charge in [-0.2, -0.15) is 13.2 Å². The van der Waals surface area contributed by atoms with Crippen LogP contribution in [-0.4, -0.2) is 17.8 Å². The fourth-order valence-corrected chi connectivity index (χ4v) is 1.14. The number of alkyl halides is 3. The zero-order valence-corrected chi connectivity index (χ0v) is 9.66. The van der Waals surface area contributed by atoms with Crippen molar-refractivity contribution in [3.8, 4) is 5.75 Å². The molecule has 1 atom stereocenters. The first-order valence-electron chi connectivity index (χ1n) is 5.29. The van der Waals surface area contributed by atoms with Gasteiger partial charge in [0.05, 0.1) is 11.7 Å². The Balaban J connectivity index is 2.67. The van der Waals surface area contributed by atoms with Crippen LogP contribution < -0.4 is 4.74 Å². The predicted octanol–water partition coefficient (Wildman–Crippen LogP) is 3.10. The van der Waals surface area contributed by atoms with Crippen molar-refractivity contribution in [3.63, 3.8) is 0 Å². The summed E-state index contributed by atoms with van der Waals surface area (Å²) in [5.74, 6) is 0.111. The summed E-state index contributed by atoms with van der Waals surface area (Å²) in [6.45, 7) is 3.60. The minimum absolute atomic E-state index is 0.000740. The number of halogens is 3. The van der Waals surface area contributed by atoms with E-state index in [-0.39, 0.29) is 18.3 Å². The quantitative estimate of drug-likeness (QED) is 0.887. The lowest BCUT2D eigenvalue weighted by Crippen LogP contribution is -2.23. The Morgan fingerprint density at radius 2 is 1.94 bits per heavy atom. The average molecular weight is 248 g/mol. The van der Waals surface area contributed by atoms with Crippen molar-refractivity contribution in [1.82, 2.24) is 0 Å². The van der Waals surface area contributed by atoms with E-state index in [0.717, 1.165) is 12.1 Å². The smallest absolute Gasteiger partial charge is 0.416 e. The Morgan fingerprint density at radius 1 is 1.29 bits per heavy atom. The van der Waals surface area contributed by atoms with Gasteiger partial charge < -0.3 is 9.84 Å². The van der Waals surface area contributed by atoms with Gasteiger partial charge in [-0.1, -0.05) is 19.9 Å². The lowest BCUT2D eigenvalue weighted by atomic mass is 10.1. The maximum atomic E-state index is 12.4.